The number of carbonyl (C=O) groups is 1. The Labute approximate surface area is 203 Å². The van der Waals surface area contributed by atoms with E-state index >= 15 is 0 Å². The number of carbonyl (C=O) groups excluding carboxylic acids is 1. The zero-order valence-electron chi connectivity index (χ0n) is 18.2. The SMILES string of the molecule is CC(C)c1ccc(N(CC(=O)N/N=C\c2ccc(-c3ccc(Cl)cc3Cl)o2)S(C)(=O)=O)cc1. The standard InChI is InChI=1S/C23H23Cl2N3O4S/c1-15(2)16-4-7-18(8-5-16)28(33(3,30)31)14-23(29)27-26-13-19-9-11-22(32-19)20-10-6-17(24)12-21(20)25/h4-13,15H,14H2,1-3H3,(H,27,29)/b26-13-. The summed E-state index contributed by atoms with van der Waals surface area (Å²) in [5, 5.41) is 4.81. The molecule has 0 atom stereocenters. The fourth-order valence-electron chi connectivity index (χ4n) is 3.02. The number of hydrazone groups is 1. The number of rotatable bonds is 8. The van der Waals surface area contributed by atoms with Crippen molar-refractivity contribution in [2.45, 2.75) is 19.8 Å². The van der Waals surface area contributed by atoms with Crippen molar-refractivity contribution in [3.63, 3.8) is 0 Å². The van der Waals surface area contributed by atoms with Crippen LogP contribution >= 0.6 is 23.2 Å². The van der Waals surface area contributed by atoms with Crippen molar-refractivity contribution < 1.29 is 17.6 Å². The molecule has 0 unspecified atom stereocenters. The molecular weight excluding hydrogens is 485 g/mol. The molecule has 1 heterocycles. The highest BCUT2D eigenvalue weighted by atomic mass is 35.5. The number of nitrogens with zero attached hydrogens (tertiary/aromatic N) is 2. The van der Waals surface area contributed by atoms with Crippen molar-refractivity contribution in [1.29, 1.82) is 0 Å². The highest BCUT2D eigenvalue weighted by Gasteiger charge is 2.21. The Morgan fingerprint density at radius 2 is 1.82 bits per heavy atom. The first kappa shape index (κ1) is 24.8. The van der Waals surface area contributed by atoms with Crippen molar-refractivity contribution >= 4 is 51.0 Å². The van der Waals surface area contributed by atoms with E-state index in [9.17, 15) is 13.2 Å². The lowest BCUT2D eigenvalue weighted by molar-refractivity contribution is -0.119. The van der Waals surface area contributed by atoms with Gasteiger partial charge in [-0.3, -0.25) is 9.10 Å². The molecule has 1 amide bonds. The Bertz CT molecular complexity index is 1270. The predicted octanol–water partition coefficient (Wildman–Crippen LogP) is 5.29. The minimum Gasteiger partial charge on any atom is -0.455 e. The molecule has 0 radical (unpaired) electrons. The summed E-state index contributed by atoms with van der Waals surface area (Å²) >= 11 is 12.1. The van der Waals surface area contributed by atoms with E-state index in [0.29, 0.717) is 38.7 Å². The van der Waals surface area contributed by atoms with Crippen LogP contribution < -0.4 is 9.73 Å². The number of benzene rings is 2. The monoisotopic (exact) mass is 507 g/mol. The Kier molecular flexibility index (Phi) is 7.84. The van der Waals surface area contributed by atoms with E-state index in [2.05, 4.69) is 10.5 Å². The van der Waals surface area contributed by atoms with E-state index in [-0.39, 0.29) is 0 Å². The lowest BCUT2D eigenvalue weighted by Gasteiger charge is -2.21. The molecule has 0 spiro atoms. The van der Waals surface area contributed by atoms with Crippen LogP contribution in [0.2, 0.25) is 10.0 Å². The van der Waals surface area contributed by atoms with E-state index in [0.717, 1.165) is 16.1 Å². The minimum absolute atomic E-state index is 0.307. The number of amides is 1. The molecule has 1 N–H and O–H groups in total. The second-order valence-corrected chi connectivity index (χ2v) is 10.4. The zero-order valence-corrected chi connectivity index (χ0v) is 20.6. The van der Waals surface area contributed by atoms with Crippen molar-refractivity contribution in [2.75, 3.05) is 17.1 Å². The summed E-state index contributed by atoms with van der Waals surface area (Å²) in [7, 11) is -3.68. The highest BCUT2D eigenvalue weighted by molar-refractivity contribution is 7.92. The van der Waals surface area contributed by atoms with Crippen LogP contribution in [0.15, 0.2) is 64.1 Å². The molecule has 0 fully saturated rings. The molecule has 0 saturated carbocycles. The molecule has 174 valence electrons. The van der Waals surface area contributed by atoms with Crippen LogP contribution in [0.5, 0.6) is 0 Å². The first-order chi connectivity index (χ1) is 15.5. The first-order valence-electron chi connectivity index (χ1n) is 9.99. The van der Waals surface area contributed by atoms with Crippen LogP contribution in [0.3, 0.4) is 0 Å². The zero-order chi connectivity index (χ0) is 24.2. The van der Waals surface area contributed by atoms with Gasteiger partial charge in [0.25, 0.3) is 5.91 Å². The van der Waals surface area contributed by atoms with Gasteiger partial charge in [-0.25, -0.2) is 13.8 Å². The average Bonchev–Trinajstić information content (AvgIpc) is 3.20. The molecule has 33 heavy (non-hydrogen) atoms. The largest absolute Gasteiger partial charge is 0.455 e. The predicted molar refractivity (Wildman–Crippen MR) is 133 cm³/mol. The molecule has 0 saturated heterocycles. The van der Waals surface area contributed by atoms with Gasteiger partial charge in [0.1, 0.15) is 18.1 Å². The third-order valence-electron chi connectivity index (χ3n) is 4.74. The number of hydrogen-bond donors (Lipinski definition) is 1. The van der Waals surface area contributed by atoms with E-state index in [4.69, 9.17) is 27.6 Å². The summed E-state index contributed by atoms with van der Waals surface area (Å²) < 4.78 is 31.2. The Morgan fingerprint density at radius 3 is 2.42 bits per heavy atom. The van der Waals surface area contributed by atoms with Crippen LogP contribution in [0.25, 0.3) is 11.3 Å². The number of furan rings is 1. The maximum Gasteiger partial charge on any atom is 0.260 e. The molecule has 3 aromatic rings. The summed E-state index contributed by atoms with van der Waals surface area (Å²) in [6.45, 7) is 3.67. The molecular formula is C23H23Cl2N3O4S. The second-order valence-electron chi connectivity index (χ2n) is 7.64. The third kappa shape index (κ3) is 6.60. The van der Waals surface area contributed by atoms with Gasteiger partial charge in [-0.2, -0.15) is 5.10 Å². The first-order valence-corrected chi connectivity index (χ1v) is 12.6. The Morgan fingerprint density at radius 1 is 1.12 bits per heavy atom. The number of hydrogen-bond acceptors (Lipinski definition) is 5. The number of anilines is 1. The van der Waals surface area contributed by atoms with Crippen molar-refractivity contribution in [3.05, 3.63) is 76.0 Å². The molecule has 0 aliphatic rings. The fraction of sp³-hybridized carbons (Fsp3) is 0.217. The number of halogens is 2. The van der Waals surface area contributed by atoms with Crippen LogP contribution in [0.4, 0.5) is 5.69 Å². The van der Waals surface area contributed by atoms with Crippen LogP contribution in [0.1, 0.15) is 31.1 Å². The van der Waals surface area contributed by atoms with E-state index in [1.807, 2.05) is 26.0 Å². The topological polar surface area (TPSA) is 92.0 Å². The highest BCUT2D eigenvalue weighted by Crippen LogP contribution is 2.31. The summed E-state index contributed by atoms with van der Waals surface area (Å²) in [5.41, 5.74) is 4.45. The Balaban J connectivity index is 1.66. The van der Waals surface area contributed by atoms with Crippen LogP contribution in [0, 0.1) is 0 Å². The molecule has 0 aliphatic carbocycles. The average molecular weight is 508 g/mol. The maximum atomic E-state index is 12.4. The van der Waals surface area contributed by atoms with Gasteiger partial charge >= 0.3 is 0 Å². The summed E-state index contributed by atoms with van der Waals surface area (Å²) in [6.07, 6.45) is 2.36. The van der Waals surface area contributed by atoms with E-state index in [1.54, 1.807) is 42.5 Å². The molecule has 0 aliphatic heterocycles. The molecule has 10 heteroatoms. The summed E-state index contributed by atoms with van der Waals surface area (Å²) in [5.74, 6) is 0.594. The van der Waals surface area contributed by atoms with Gasteiger partial charge in [-0.15, -0.1) is 0 Å². The van der Waals surface area contributed by atoms with Gasteiger partial charge in [0.15, 0.2) is 0 Å². The van der Waals surface area contributed by atoms with Crippen molar-refractivity contribution in [1.82, 2.24) is 5.43 Å². The molecule has 1 aromatic heterocycles. The van der Waals surface area contributed by atoms with Crippen LogP contribution in [-0.4, -0.2) is 33.3 Å². The normalized spacial score (nSPS) is 11.8. The smallest absolute Gasteiger partial charge is 0.260 e. The van der Waals surface area contributed by atoms with Gasteiger partial charge in [-0.05, 0) is 53.9 Å². The van der Waals surface area contributed by atoms with Crippen LogP contribution in [-0.2, 0) is 14.8 Å². The van der Waals surface area contributed by atoms with E-state index < -0.39 is 22.5 Å². The molecule has 2 aromatic carbocycles. The van der Waals surface area contributed by atoms with Gasteiger partial charge in [0, 0.05) is 10.6 Å². The van der Waals surface area contributed by atoms with Gasteiger partial charge in [0.2, 0.25) is 10.0 Å². The van der Waals surface area contributed by atoms with Crippen molar-refractivity contribution in [2.24, 2.45) is 5.10 Å². The summed E-state index contributed by atoms with van der Waals surface area (Å²) in [6, 6.07) is 15.5. The molecule has 0 bridgehead atoms. The van der Waals surface area contributed by atoms with E-state index in [1.165, 1.54) is 6.21 Å². The number of nitrogens with one attached hydrogen (secondary N) is 1. The van der Waals surface area contributed by atoms with Gasteiger partial charge in [0.05, 0.1) is 23.2 Å². The summed E-state index contributed by atoms with van der Waals surface area (Å²) in [4.78, 5) is 12.4. The lowest BCUT2D eigenvalue weighted by Crippen LogP contribution is -2.39. The minimum atomic E-state index is -3.68. The fourth-order valence-corrected chi connectivity index (χ4v) is 4.37. The third-order valence-corrected chi connectivity index (χ3v) is 6.43. The van der Waals surface area contributed by atoms with Gasteiger partial charge in [-0.1, -0.05) is 49.2 Å². The Hall–Kier alpha value is -2.81. The second kappa shape index (κ2) is 10.4. The maximum absolute atomic E-state index is 12.4. The number of sulfonamides is 1. The lowest BCUT2D eigenvalue weighted by atomic mass is 10.0. The van der Waals surface area contributed by atoms with Crippen molar-refractivity contribution in [3.8, 4) is 11.3 Å². The quantitative estimate of drug-likeness (QED) is 0.331. The molecule has 3 rings (SSSR count). The molecule has 7 nitrogen and oxygen atoms in total. The van der Waals surface area contributed by atoms with Gasteiger partial charge < -0.3 is 4.42 Å².